The maximum absolute atomic E-state index is 12.7. The number of ether oxygens (including phenoxy) is 3. The van der Waals surface area contributed by atoms with Gasteiger partial charge in [-0.3, -0.25) is 0 Å². The van der Waals surface area contributed by atoms with Crippen LogP contribution in [-0.2, 0) is 14.2 Å². The minimum absolute atomic E-state index is 0.0112. The molecule has 0 unspecified atom stereocenters. The van der Waals surface area contributed by atoms with Gasteiger partial charge in [0.2, 0.25) is 0 Å². The molecule has 0 bridgehead atoms. The number of hydrogen-bond donors (Lipinski definition) is 1. The van der Waals surface area contributed by atoms with E-state index in [1.165, 1.54) is 5.56 Å². The van der Waals surface area contributed by atoms with Crippen LogP contribution in [0, 0.1) is 0 Å². The zero-order valence-electron chi connectivity index (χ0n) is 14.5. The van der Waals surface area contributed by atoms with Crippen LogP contribution >= 0.6 is 0 Å². The first kappa shape index (κ1) is 16.8. The fourth-order valence-corrected chi connectivity index (χ4v) is 4.00. The Labute approximate surface area is 148 Å². The van der Waals surface area contributed by atoms with E-state index in [0.29, 0.717) is 26.4 Å². The van der Waals surface area contributed by atoms with Crippen molar-refractivity contribution in [3.63, 3.8) is 0 Å². The largest absolute Gasteiger partial charge is 0.381 e. The van der Waals surface area contributed by atoms with Gasteiger partial charge in [-0.1, -0.05) is 30.3 Å². The number of amides is 2. The lowest BCUT2D eigenvalue weighted by atomic mass is 10.1. The molecule has 0 aliphatic carbocycles. The predicted octanol–water partition coefficient (Wildman–Crippen LogP) is 2.46. The number of nitrogens with one attached hydrogen (secondary N) is 1. The molecule has 3 heterocycles. The Morgan fingerprint density at radius 1 is 1.24 bits per heavy atom. The van der Waals surface area contributed by atoms with Crippen molar-refractivity contribution in [3.05, 3.63) is 35.9 Å². The van der Waals surface area contributed by atoms with E-state index in [-0.39, 0.29) is 18.2 Å². The number of rotatable bonds is 3. The maximum atomic E-state index is 12.7. The number of likely N-dealkylation sites (tertiary alicyclic amines) is 1. The van der Waals surface area contributed by atoms with Gasteiger partial charge in [0, 0.05) is 25.9 Å². The Morgan fingerprint density at radius 2 is 2.04 bits per heavy atom. The molecule has 6 nitrogen and oxygen atoms in total. The Balaban J connectivity index is 1.30. The fraction of sp³-hybridized carbons (Fsp3) is 0.632. The van der Waals surface area contributed by atoms with Gasteiger partial charge in [0.25, 0.3) is 0 Å². The monoisotopic (exact) mass is 346 g/mol. The highest BCUT2D eigenvalue weighted by Crippen LogP contribution is 2.34. The first-order valence-electron chi connectivity index (χ1n) is 9.25. The zero-order chi connectivity index (χ0) is 17.1. The Hall–Kier alpha value is -1.63. The standard InChI is InChI=1S/C19H26N2O4/c22-18(21-10-4-7-17(21)15-5-2-1-3-6-15)20-13-16-14-24-19(25-16)8-11-23-12-9-19/h1-3,5-6,16-17H,4,7-14H2,(H,20,22)/t16-,17-/m0/s1. The van der Waals surface area contributed by atoms with E-state index >= 15 is 0 Å². The minimum atomic E-state index is -0.492. The van der Waals surface area contributed by atoms with E-state index in [4.69, 9.17) is 14.2 Å². The maximum Gasteiger partial charge on any atom is 0.318 e. The van der Waals surface area contributed by atoms with E-state index in [0.717, 1.165) is 32.2 Å². The average molecular weight is 346 g/mol. The van der Waals surface area contributed by atoms with Gasteiger partial charge in [-0.15, -0.1) is 0 Å². The van der Waals surface area contributed by atoms with E-state index < -0.39 is 5.79 Å². The molecular weight excluding hydrogens is 320 g/mol. The molecular formula is C19H26N2O4. The predicted molar refractivity (Wildman–Crippen MR) is 92.1 cm³/mol. The van der Waals surface area contributed by atoms with Crippen LogP contribution in [0.3, 0.4) is 0 Å². The lowest BCUT2D eigenvalue weighted by molar-refractivity contribution is -0.210. The molecule has 1 N–H and O–H groups in total. The average Bonchev–Trinajstić information content (AvgIpc) is 3.29. The van der Waals surface area contributed by atoms with Crippen LogP contribution in [0.4, 0.5) is 4.79 Å². The molecule has 0 radical (unpaired) electrons. The molecule has 1 aromatic carbocycles. The summed E-state index contributed by atoms with van der Waals surface area (Å²) in [4.78, 5) is 14.6. The van der Waals surface area contributed by atoms with Crippen molar-refractivity contribution in [1.29, 1.82) is 0 Å². The highest BCUT2D eigenvalue weighted by molar-refractivity contribution is 5.75. The summed E-state index contributed by atoms with van der Waals surface area (Å²) >= 11 is 0. The quantitative estimate of drug-likeness (QED) is 0.913. The summed E-state index contributed by atoms with van der Waals surface area (Å²) in [6, 6.07) is 10.4. The molecule has 3 saturated heterocycles. The molecule has 1 aromatic rings. The van der Waals surface area contributed by atoms with E-state index in [1.54, 1.807) is 0 Å². The highest BCUT2D eigenvalue weighted by Gasteiger charge is 2.43. The summed E-state index contributed by atoms with van der Waals surface area (Å²) in [6.45, 7) is 3.16. The van der Waals surface area contributed by atoms with Gasteiger partial charge < -0.3 is 24.4 Å². The van der Waals surface area contributed by atoms with Crippen molar-refractivity contribution < 1.29 is 19.0 Å². The van der Waals surface area contributed by atoms with Crippen molar-refractivity contribution in [2.45, 2.75) is 43.6 Å². The van der Waals surface area contributed by atoms with E-state index in [9.17, 15) is 4.79 Å². The number of benzene rings is 1. The molecule has 2 atom stereocenters. The summed E-state index contributed by atoms with van der Waals surface area (Å²) in [5.41, 5.74) is 1.21. The number of hydrogen-bond acceptors (Lipinski definition) is 4. The Morgan fingerprint density at radius 3 is 2.84 bits per heavy atom. The van der Waals surface area contributed by atoms with E-state index in [2.05, 4.69) is 17.4 Å². The second-order valence-electron chi connectivity index (χ2n) is 7.02. The third-order valence-corrected chi connectivity index (χ3v) is 5.35. The Bertz CT molecular complexity index is 588. The summed E-state index contributed by atoms with van der Waals surface area (Å²) in [7, 11) is 0. The van der Waals surface area contributed by atoms with Crippen LogP contribution < -0.4 is 5.32 Å². The molecule has 2 amide bonds. The fourth-order valence-electron chi connectivity index (χ4n) is 4.00. The molecule has 4 rings (SSSR count). The molecule has 0 aromatic heterocycles. The lowest BCUT2D eigenvalue weighted by Gasteiger charge is -2.31. The molecule has 3 fully saturated rings. The molecule has 0 saturated carbocycles. The second-order valence-corrected chi connectivity index (χ2v) is 7.02. The molecule has 25 heavy (non-hydrogen) atoms. The van der Waals surface area contributed by atoms with Gasteiger partial charge in [0.1, 0.15) is 6.10 Å². The number of nitrogens with zero attached hydrogens (tertiary/aromatic N) is 1. The number of urea groups is 1. The number of carbonyl (C=O) groups excluding carboxylic acids is 1. The Kier molecular flexibility index (Phi) is 4.92. The number of carbonyl (C=O) groups is 1. The van der Waals surface area contributed by atoms with Crippen molar-refractivity contribution in [2.75, 3.05) is 32.9 Å². The van der Waals surface area contributed by atoms with E-state index in [1.807, 2.05) is 23.1 Å². The van der Waals surface area contributed by atoms with Gasteiger partial charge in [-0.2, -0.15) is 0 Å². The normalized spacial score (nSPS) is 28.4. The highest BCUT2D eigenvalue weighted by atomic mass is 16.7. The van der Waals surface area contributed by atoms with Crippen molar-refractivity contribution >= 4 is 6.03 Å². The van der Waals surface area contributed by atoms with Crippen molar-refractivity contribution in [2.24, 2.45) is 0 Å². The van der Waals surface area contributed by atoms with Crippen LogP contribution in [0.15, 0.2) is 30.3 Å². The molecule has 3 aliphatic rings. The van der Waals surface area contributed by atoms with Gasteiger partial charge in [0.05, 0.1) is 25.9 Å². The summed E-state index contributed by atoms with van der Waals surface area (Å²) in [6.07, 6.45) is 3.50. The first-order chi connectivity index (χ1) is 12.3. The van der Waals surface area contributed by atoms with Gasteiger partial charge in [0.15, 0.2) is 5.79 Å². The first-order valence-corrected chi connectivity index (χ1v) is 9.25. The van der Waals surface area contributed by atoms with Gasteiger partial charge in [-0.25, -0.2) is 4.79 Å². The van der Waals surface area contributed by atoms with Crippen molar-refractivity contribution in [3.8, 4) is 0 Å². The van der Waals surface area contributed by atoms with Crippen LogP contribution in [-0.4, -0.2) is 55.7 Å². The second kappa shape index (κ2) is 7.32. The van der Waals surface area contributed by atoms with Crippen LogP contribution in [0.1, 0.15) is 37.3 Å². The summed E-state index contributed by atoms with van der Waals surface area (Å²) in [5.74, 6) is -0.492. The van der Waals surface area contributed by atoms with Crippen LogP contribution in [0.5, 0.6) is 0 Å². The third-order valence-electron chi connectivity index (χ3n) is 5.35. The third kappa shape index (κ3) is 3.66. The molecule has 3 aliphatic heterocycles. The topological polar surface area (TPSA) is 60.0 Å². The zero-order valence-corrected chi connectivity index (χ0v) is 14.5. The summed E-state index contributed by atoms with van der Waals surface area (Å²) < 4.78 is 17.3. The summed E-state index contributed by atoms with van der Waals surface area (Å²) in [5, 5.41) is 3.04. The van der Waals surface area contributed by atoms with Crippen molar-refractivity contribution in [1.82, 2.24) is 10.2 Å². The smallest absolute Gasteiger partial charge is 0.318 e. The molecule has 136 valence electrons. The SMILES string of the molecule is O=C(NC[C@H]1COC2(CCOCC2)O1)N1CCC[C@H]1c1ccccc1. The molecule has 6 heteroatoms. The van der Waals surface area contributed by atoms with Crippen LogP contribution in [0.25, 0.3) is 0 Å². The minimum Gasteiger partial charge on any atom is -0.381 e. The lowest BCUT2D eigenvalue weighted by Crippen LogP contribution is -2.44. The van der Waals surface area contributed by atoms with Crippen LogP contribution in [0.2, 0.25) is 0 Å². The van der Waals surface area contributed by atoms with Gasteiger partial charge in [-0.05, 0) is 18.4 Å². The molecule has 1 spiro atoms. The van der Waals surface area contributed by atoms with Gasteiger partial charge >= 0.3 is 6.03 Å².